The molecule has 3 aliphatic carbocycles. The van der Waals surface area contributed by atoms with Crippen LogP contribution in [0.25, 0.3) is 0 Å². The fourth-order valence-electron chi connectivity index (χ4n) is 3.99. The summed E-state index contributed by atoms with van der Waals surface area (Å²) in [6.07, 6.45) is 6.52. The van der Waals surface area contributed by atoms with Crippen LogP contribution in [-0.2, 0) is 14.3 Å². The van der Waals surface area contributed by atoms with Crippen molar-refractivity contribution in [2.45, 2.75) is 37.2 Å². The van der Waals surface area contributed by atoms with Gasteiger partial charge in [0, 0.05) is 24.3 Å². The molecule has 0 aromatic rings. The van der Waals surface area contributed by atoms with E-state index in [1.54, 1.807) is 6.08 Å². The van der Waals surface area contributed by atoms with E-state index in [2.05, 4.69) is 0 Å². The Bertz CT molecular complexity index is 694. The van der Waals surface area contributed by atoms with Crippen LogP contribution in [0.15, 0.2) is 33.9 Å². The fourth-order valence-corrected chi connectivity index (χ4v) is 4.92. The average Bonchev–Trinajstić information content (AvgIpc) is 2.84. The predicted molar refractivity (Wildman–Crippen MR) is 92.5 cm³/mol. The maximum atomic E-state index is 12.1. The summed E-state index contributed by atoms with van der Waals surface area (Å²) < 4.78 is 5.49. The molecule has 1 fully saturated rings. The Morgan fingerprint density at radius 1 is 1.38 bits per heavy atom. The van der Waals surface area contributed by atoms with Gasteiger partial charge < -0.3 is 9.84 Å². The number of allylic oxidation sites excluding steroid dienone is 3. The highest BCUT2D eigenvalue weighted by Gasteiger charge is 2.53. The number of hydrogen-bond acceptors (Lipinski definition) is 3. The molecule has 1 N–H and O–H groups in total. The molecule has 4 nitrogen and oxygen atoms in total. The van der Waals surface area contributed by atoms with Crippen molar-refractivity contribution in [1.29, 1.82) is 0 Å². The largest absolute Gasteiger partial charge is 0.480 e. The number of rotatable bonds is 5. The highest BCUT2D eigenvalue weighted by molar-refractivity contribution is 6.40. The molecule has 7 heteroatoms. The third-order valence-electron chi connectivity index (χ3n) is 5.08. The summed E-state index contributed by atoms with van der Waals surface area (Å²) in [4.78, 5) is 23.0. The molecule has 2 unspecified atom stereocenters. The van der Waals surface area contributed by atoms with Crippen LogP contribution in [0.1, 0.15) is 32.1 Å². The maximum Gasteiger partial charge on any atom is 0.329 e. The summed E-state index contributed by atoms with van der Waals surface area (Å²) in [7, 11) is 0. The number of Topliss-reactive ketones (excluding diaryl/α,β-unsaturated/α-hetero) is 1. The monoisotopic (exact) mass is 390 g/mol. The van der Waals surface area contributed by atoms with E-state index in [0.717, 1.165) is 30.4 Å². The zero-order valence-electron chi connectivity index (χ0n) is 12.9. The van der Waals surface area contributed by atoms with Gasteiger partial charge in [-0.15, -0.1) is 11.6 Å². The van der Waals surface area contributed by atoms with Crippen molar-refractivity contribution in [3.8, 4) is 0 Å². The second-order valence-corrected chi connectivity index (χ2v) is 7.77. The van der Waals surface area contributed by atoms with Crippen molar-refractivity contribution in [3.05, 3.63) is 33.9 Å². The minimum atomic E-state index is -1.55. The van der Waals surface area contributed by atoms with E-state index >= 15 is 0 Å². The first-order valence-electron chi connectivity index (χ1n) is 7.76. The number of carbonyl (C=O) groups excluding carboxylic acids is 1. The van der Waals surface area contributed by atoms with Crippen LogP contribution in [0.3, 0.4) is 0 Å². The summed E-state index contributed by atoms with van der Waals surface area (Å²) in [5.74, 6) is -0.511. The lowest BCUT2D eigenvalue weighted by atomic mass is 9.68. The molecule has 0 bridgehead atoms. The lowest BCUT2D eigenvalue weighted by molar-refractivity contribution is -0.143. The van der Waals surface area contributed by atoms with Crippen molar-refractivity contribution in [2.75, 3.05) is 12.5 Å². The summed E-state index contributed by atoms with van der Waals surface area (Å²) in [6.45, 7) is -0.575. The Labute approximate surface area is 155 Å². The smallest absolute Gasteiger partial charge is 0.329 e. The number of carboxylic acid groups (broad SMARTS) is 1. The average molecular weight is 392 g/mol. The molecule has 3 aliphatic rings. The quantitative estimate of drug-likeness (QED) is 0.715. The van der Waals surface area contributed by atoms with E-state index in [0.29, 0.717) is 24.3 Å². The zero-order valence-corrected chi connectivity index (χ0v) is 15.2. The van der Waals surface area contributed by atoms with Gasteiger partial charge in [0.25, 0.3) is 0 Å². The van der Waals surface area contributed by atoms with Gasteiger partial charge in [0.15, 0.2) is 0 Å². The molecular weight excluding hydrogens is 375 g/mol. The molecule has 0 amide bonds. The SMILES string of the molecule is O=C(O)COC1(Cl)C(Cl)=CC=C2CC3(CCCl)CCC(=O)CC3=C21. The topological polar surface area (TPSA) is 63.6 Å². The van der Waals surface area contributed by atoms with Gasteiger partial charge >= 0.3 is 5.97 Å². The van der Waals surface area contributed by atoms with Crippen LogP contribution >= 0.6 is 34.8 Å². The lowest BCUT2D eigenvalue weighted by Crippen LogP contribution is -2.35. The van der Waals surface area contributed by atoms with E-state index in [1.807, 2.05) is 6.08 Å². The molecule has 0 spiro atoms. The summed E-state index contributed by atoms with van der Waals surface area (Å²) in [6, 6.07) is 0. The van der Waals surface area contributed by atoms with Gasteiger partial charge in [-0.05, 0) is 41.9 Å². The van der Waals surface area contributed by atoms with Crippen LogP contribution in [0.2, 0.25) is 0 Å². The molecule has 2 atom stereocenters. The van der Waals surface area contributed by atoms with Gasteiger partial charge in [-0.3, -0.25) is 4.79 Å². The molecule has 0 radical (unpaired) electrons. The Morgan fingerprint density at radius 2 is 2.12 bits per heavy atom. The number of ketones is 1. The van der Waals surface area contributed by atoms with Gasteiger partial charge in [0.05, 0.1) is 5.03 Å². The van der Waals surface area contributed by atoms with Crippen molar-refractivity contribution in [2.24, 2.45) is 5.41 Å². The second kappa shape index (κ2) is 6.49. The van der Waals surface area contributed by atoms with Crippen LogP contribution in [0, 0.1) is 5.41 Å². The van der Waals surface area contributed by atoms with Crippen LogP contribution < -0.4 is 0 Å². The molecule has 0 saturated heterocycles. The van der Waals surface area contributed by atoms with Crippen molar-refractivity contribution < 1.29 is 19.4 Å². The summed E-state index contributed by atoms with van der Waals surface area (Å²) >= 11 is 19.0. The molecule has 1 saturated carbocycles. The van der Waals surface area contributed by atoms with Crippen LogP contribution in [0.5, 0.6) is 0 Å². The first-order chi connectivity index (χ1) is 11.3. The van der Waals surface area contributed by atoms with Crippen LogP contribution in [0.4, 0.5) is 0 Å². The zero-order chi connectivity index (χ0) is 17.5. The van der Waals surface area contributed by atoms with E-state index in [1.165, 1.54) is 0 Å². The number of alkyl halides is 2. The minimum Gasteiger partial charge on any atom is -0.480 e. The van der Waals surface area contributed by atoms with Crippen molar-refractivity contribution >= 4 is 46.6 Å². The second-order valence-electron chi connectivity index (χ2n) is 6.45. The first kappa shape index (κ1) is 18.0. The molecule has 0 aromatic carbocycles. The third kappa shape index (κ3) is 2.84. The Hall–Kier alpha value is -0.810. The number of aliphatic carboxylic acids is 1. The van der Waals surface area contributed by atoms with Gasteiger partial charge in [-0.1, -0.05) is 29.3 Å². The molecule has 3 rings (SSSR count). The van der Waals surface area contributed by atoms with Gasteiger partial charge in [-0.25, -0.2) is 4.79 Å². The Kier molecular flexibility index (Phi) is 4.86. The Morgan fingerprint density at radius 3 is 2.79 bits per heavy atom. The maximum absolute atomic E-state index is 12.1. The van der Waals surface area contributed by atoms with E-state index in [9.17, 15) is 9.59 Å². The summed E-state index contributed by atoms with van der Waals surface area (Å²) in [5.41, 5.74) is 2.32. The highest BCUT2D eigenvalue weighted by atomic mass is 35.5. The van der Waals surface area contributed by atoms with Crippen molar-refractivity contribution in [3.63, 3.8) is 0 Å². The standard InChI is InChI=1S/C17H17Cl3O4/c18-6-5-16-4-3-11(21)7-12(16)15-10(8-16)1-2-13(19)17(15,20)24-9-14(22)23/h1-2H,3-9H2,(H,22,23). The van der Waals surface area contributed by atoms with Gasteiger partial charge in [0.2, 0.25) is 5.06 Å². The van der Waals surface area contributed by atoms with E-state index in [-0.39, 0.29) is 16.2 Å². The number of ether oxygens (including phenoxy) is 1. The van der Waals surface area contributed by atoms with Crippen molar-refractivity contribution in [1.82, 2.24) is 0 Å². The molecular formula is C17H17Cl3O4. The lowest BCUT2D eigenvalue weighted by Gasteiger charge is -2.37. The third-order valence-corrected chi connectivity index (χ3v) is 6.25. The number of carbonyl (C=O) groups is 2. The van der Waals surface area contributed by atoms with Gasteiger partial charge in [0.1, 0.15) is 12.4 Å². The number of fused-ring (bicyclic) bond motifs is 2. The first-order valence-corrected chi connectivity index (χ1v) is 9.05. The molecule has 0 heterocycles. The van der Waals surface area contributed by atoms with E-state index in [4.69, 9.17) is 44.6 Å². The highest BCUT2D eigenvalue weighted by Crippen LogP contribution is 2.61. The minimum absolute atomic E-state index is 0.145. The van der Waals surface area contributed by atoms with Gasteiger partial charge in [-0.2, -0.15) is 0 Å². The number of halogens is 3. The predicted octanol–water partition coefficient (Wildman–Crippen LogP) is 4.15. The number of hydrogen-bond donors (Lipinski definition) is 1. The molecule has 0 aromatic heterocycles. The Balaban J connectivity index is 2.11. The molecule has 130 valence electrons. The fraction of sp³-hybridized carbons (Fsp3) is 0.529. The van der Waals surface area contributed by atoms with Crippen LogP contribution in [-0.4, -0.2) is 34.4 Å². The summed E-state index contributed by atoms with van der Waals surface area (Å²) in [5, 5.41) is 7.60. The van der Waals surface area contributed by atoms with E-state index < -0.39 is 17.6 Å². The molecule has 0 aliphatic heterocycles. The normalized spacial score (nSPS) is 32.2. The number of carboxylic acids is 1. The molecule has 24 heavy (non-hydrogen) atoms.